The number of aromatic nitrogens is 3. The van der Waals surface area contributed by atoms with Gasteiger partial charge in [-0.25, -0.2) is 4.68 Å². The first-order chi connectivity index (χ1) is 9.24. The molecule has 0 radical (unpaired) electrons. The van der Waals surface area contributed by atoms with Gasteiger partial charge in [0.05, 0.1) is 5.69 Å². The Bertz CT molecular complexity index is 546. The van der Waals surface area contributed by atoms with Gasteiger partial charge in [-0.05, 0) is 6.42 Å². The number of ketones is 1. The fraction of sp³-hybridized carbons (Fsp3) is 0.400. The van der Waals surface area contributed by atoms with E-state index in [4.69, 9.17) is 0 Å². The third-order valence-electron chi connectivity index (χ3n) is 3.09. The number of unbranched alkanes of at least 4 members (excludes halogenated alkanes) is 2. The molecule has 0 saturated carbocycles. The highest BCUT2D eigenvalue weighted by Crippen LogP contribution is 2.22. The lowest BCUT2D eigenvalue weighted by Gasteiger charge is -2.07. The zero-order valence-corrected chi connectivity index (χ0v) is 11.5. The number of carbonyl (C=O) groups is 1. The molecule has 1 heterocycles. The smallest absolute Gasteiger partial charge is 0.182 e. The van der Waals surface area contributed by atoms with Crippen molar-refractivity contribution < 1.29 is 4.79 Å². The second-order valence-electron chi connectivity index (χ2n) is 4.64. The van der Waals surface area contributed by atoms with Crippen molar-refractivity contribution in [2.24, 2.45) is 0 Å². The fourth-order valence-electron chi connectivity index (χ4n) is 2.10. The molecule has 0 fully saturated rings. The van der Waals surface area contributed by atoms with Crippen LogP contribution in [0.25, 0.3) is 11.3 Å². The van der Waals surface area contributed by atoms with Crippen LogP contribution in [0.1, 0.15) is 43.6 Å². The van der Waals surface area contributed by atoms with Crippen molar-refractivity contribution in [2.45, 2.75) is 39.7 Å². The first-order valence-corrected chi connectivity index (χ1v) is 6.74. The molecule has 100 valence electrons. The molecule has 1 aromatic heterocycles. The van der Waals surface area contributed by atoms with E-state index in [1.165, 1.54) is 6.92 Å². The van der Waals surface area contributed by atoms with Crippen molar-refractivity contribution in [3.63, 3.8) is 0 Å². The average molecular weight is 257 g/mol. The lowest BCUT2D eigenvalue weighted by atomic mass is 10.1. The summed E-state index contributed by atoms with van der Waals surface area (Å²) in [5, 5.41) is 8.17. The number of rotatable bonds is 6. The van der Waals surface area contributed by atoms with E-state index in [9.17, 15) is 4.79 Å². The summed E-state index contributed by atoms with van der Waals surface area (Å²) in [5.74, 6) is -0.0411. The Morgan fingerprint density at radius 3 is 2.58 bits per heavy atom. The van der Waals surface area contributed by atoms with Crippen LogP contribution in [0.4, 0.5) is 0 Å². The van der Waals surface area contributed by atoms with Crippen molar-refractivity contribution in [3.05, 3.63) is 36.0 Å². The van der Waals surface area contributed by atoms with Crippen molar-refractivity contribution >= 4 is 5.78 Å². The molecule has 0 spiro atoms. The van der Waals surface area contributed by atoms with Gasteiger partial charge in [0.1, 0.15) is 0 Å². The highest BCUT2D eigenvalue weighted by Gasteiger charge is 2.17. The van der Waals surface area contributed by atoms with Crippen LogP contribution < -0.4 is 0 Å². The molecule has 4 heteroatoms. The maximum absolute atomic E-state index is 11.7. The van der Waals surface area contributed by atoms with Gasteiger partial charge in [-0.15, -0.1) is 5.10 Å². The molecule has 2 aromatic rings. The number of hydrogen-bond donors (Lipinski definition) is 0. The van der Waals surface area contributed by atoms with Crippen molar-refractivity contribution in [2.75, 3.05) is 0 Å². The van der Waals surface area contributed by atoms with E-state index < -0.39 is 0 Å². The summed E-state index contributed by atoms with van der Waals surface area (Å²) in [6, 6.07) is 9.86. The summed E-state index contributed by atoms with van der Waals surface area (Å²) < 4.78 is 1.85. The van der Waals surface area contributed by atoms with E-state index in [1.807, 2.05) is 35.0 Å². The van der Waals surface area contributed by atoms with Crippen LogP contribution in [0.5, 0.6) is 0 Å². The van der Waals surface area contributed by atoms with Crippen LogP contribution in [-0.4, -0.2) is 20.8 Å². The van der Waals surface area contributed by atoms with Gasteiger partial charge < -0.3 is 0 Å². The molecule has 0 bridgehead atoms. The molecule has 19 heavy (non-hydrogen) atoms. The predicted octanol–water partition coefficient (Wildman–Crippen LogP) is 3.34. The Morgan fingerprint density at radius 2 is 1.95 bits per heavy atom. The molecule has 4 nitrogen and oxygen atoms in total. The molecule has 0 unspecified atom stereocenters. The normalized spacial score (nSPS) is 10.6. The first kappa shape index (κ1) is 13.5. The van der Waals surface area contributed by atoms with Gasteiger partial charge in [0.15, 0.2) is 11.5 Å². The topological polar surface area (TPSA) is 47.8 Å². The molecule has 1 aromatic carbocycles. The van der Waals surface area contributed by atoms with Gasteiger partial charge in [0.2, 0.25) is 0 Å². The maximum atomic E-state index is 11.7. The minimum absolute atomic E-state index is 0.0411. The Kier molecular flexibility index (Phi) is 4.44. The summed E-state index contributed by atoms with van der Waals surface area (Å²) in [7, 11) is 0. The Hall–Kier alpha value is -1.97. The largest absolute Gasteiger partial charge is 0.293 e. The highest BCUT2D eigenvalue weighted by molar-refractivity contribution is 5.97. The Morgan fingerprint density at radius 1 is 1.21 bits per heavy atom. The zero-order chi connectivity index (χ0) is 13.7. The third kappa shape index (κ3) is 3.08. The quantitative estimate of drug-likeness (QED) is 0.589. The number of carbonyl (C=O) groups excluding carboxylic acids is 1. The van der Waals surface area contributed by atoms with Crippen LogP contribution in [0.2, 0.25) is 0 Å². The number of benzene rings is 1. The monoisotopic (exact) mass is 257 g/mol. The second kappa shape index (κ2) is 6.27. The summed E-state index contributed by atoms with van der Waals surface area (Å²) in [6.45, 7) is 4.51. The maximum Gasteiger partial charge on any atom is 0.182 e. The van der Waals surface area contributed by atoms with Gasteiger partial charge in [-0.1, -0.05) is 55.3 Å². The van der Waals surface area contributed by atoms with E-state index >= 15 is 0 Å². The molecule has 0 aliphatic carbocycles. The van der Waals surface area contributed by atoms with E-state index in [0.717, 1.165) is 37.1 Å². The molecule has 0 atom stereocenters. The highest BCUT2D eigenvalue weighted by atomic mass is 16.1. The van der Waals surface area contributed by atoms with E-state index in [1.54, 1.807) is 0 Å². The van der Waals surface area contributed by atoms with Gasteiger partial charge in [0.25, 0.3) is 0 Å². The van der Waals surface area contributed by atoms with E-state index in [-0.39, 0.29) is 5.78 Å². The molecule has 2 rings (SSSR count). The SMILES string of the molecule is CCCCCn1nnc(C(C)=O)c1-c1ccccc1. The minimum atomic E-state index is -0.0411. The number of aryl methyl sites for hydroxylation is 1. The molecular weight excluding hydrogens is 238 g/mol. The van der Waals surface area contributed by atoms with Crippen molar-refractivity contribution in [3.8, 4) is 11.3 Å². The van der Waals surface area contributed by atoms with Gasteiger partial charge in [0, 0.05) is 19.0 Å². The molecule has 0 aliphatic heterocycles. The standard InChI is InChI=1S/C15H19N3O/c1-3-4-8-11-18-15(13-9-6-5-7-10-13)14(12(2)19)16-17-18/h5-7,9-10H,3-4,8,11H2,1-2H3. The number of hydrogen-bond acceptors (Lipinski definition) is 3. The summed E-state index contributed by atoms with van der Waals surface area (Å²) in [6.07, 6.45) is 3.37. The first-order valence-electron chi connectivity index (χ1n) is 6.74. The molecular formula is C15H19N3O. The summed E-state index contributed by atoms with van der Waals surface area (Å²) >= 11 is 0. The second-order valence-corrected chi connectivity index (χ2v) is 4.64. The van der Waals surface area contributed by atoms with Gasteiger partial charge >= 0.3 is 0 Å². The predicted molar refractivity (Wildman–Crippen MR) is 75.0 cm³/mol. The van der Waals surface area contributed by atoms with Crippen LogP contribution >= 0.6 is 0 Å². The van der Waals surface area contributed by atoms with E-state index in [2.05, 4.69) is 17.2 Å². The van der Waals surface area contributed by atoms with Crippen molar-refractivity contribution in [1.82, 2.24) is 15.0 Å². The summed E-state index contributed by atoms with van der Waals surface area (Å²) in [5.41, 5.74) is 2.29. The fourth-order valence-corrected chi connectivity index (χ4v) is 2.10. The lowest BCUT2D eigenvalue weighted by molar-refractivity contribution is 0.101. The third-order valence-corrected chi connectivity index (χ3v) is 3.09. The molecule has 0 amide bonds. The number of Topliss-reactive ketones (excluding diaryl/α,β-unsaturated/α-hetero) is 1. The summed E-state index contributed by atoms with van der Waals surface area (Å²) in [4.78, 5) is 11.7. The molecule has 0 N–H and O–H groups in total. The molecule has 0 saturated heterocycles. The van der Waals surface area contributed by atoms with Crippen LogP contribution in [0, 0.1) is 0 Å². The van der Waals surface area contributed by atoms with Gasteiger partial charge in [-0.2, -0.15) is 0 Å². The lowest BCUT2D eigenvalue weighted by Crippen LogP contribution is -2.04. The van der Waals surface area contributed by atoms with Crippen LogP contribution in [0.15, 0.2) is 30.3 Å². The Balaban J connectivity index is 2.37. The zero-order valence-electron chi connectivity index (χ0n) is 11.5. The van der Waals surface area contributed by atoms with Crippen molar-refractivity contribution in [1.29, 1.82) is 0 Å². The average Bonchev–Trinajstić information content (AvgIpc) is 2.84. The minimum Gasteiger partial charge on any atom is -0.293 e. The van der Waals surface area contributed by atoms with E-state index in [0.29, 0.717) is 5.69 Å². The Labute approximate surface area is 113 Å². The molecule has 0 aliphatic rings. The van der Waals surface area contributed by atoms with Crippen LogP contribution in [0.3, 0.4) is 0 Å². The van der Waals surface area contributed by atoms with Crippen LogP contribution in [-0.2, 0) is 6.54 Å². The van der Waals surface area contributed by atoms with Gasteiger partial charge in [-0.3, -0.25) is 4.79 Å². The number of nitrogens with zero attached hydrogens (tertiary/aromatic N) is 3.